The molecule has 0 aliphatic heterocycles. The van der Waals surface area contributed by atoms with E-state index in [9.17, 15) is 5.11 Å². The van der Waals surface area contributed by atoms with Gasteiger partial charge in [0.05, 0.1) is 0 Å². The van der Waals surface area contributed by atoms with E-state index in [-0.39, 0.29) is 0 Å². The van der Waals surface area contributed by atoms with E-state index in [1.165, 1.54) is 41.7 Å². The minimum atomic E-state index is -0.515. The number of rotatable bonds is 8. The fourth-order valence-electron chi connectivity index (χ4n) is 3.92. The molecule has 0 saturated heterocycles. The van der Waals surface area contributed by atoms with Gasteiger partial charge in [-0.2, -0.15) is 0 Å². The Kier molecular flexibility index (Phi) is 6.74. The van der Waals surface area contributed by atoms with Gasteiger partial charge in [0.25, 0.3) is 0 Å². The molecule has 26 heavy (non-hydrogen) atoms. The standard InChI is InChI=1S/C22H31NO2S/c1-15-11-16(2)17(3)20(12-15)25-14-19(24)13-23-22(18-7-4-5-8-18)21-9-6-10-26-21/h6,9-12,18-19,22-24H,4-5,7-8,13-14H2,1-3H3. The Bertz CT molecular complexity index is 692. The molecule has 0 amide bonds. The van der Waals surface area contributed by atoms with Crippen LogP contribution in [-0.4, -0.2) is 24.4 Å². The lowest BCUT2D eigenvalue weighted by atomic mass is 9.96. The van der Waals surface area contributed by atoms with Gasteiger partial charge in [-0.15, -0.1) is 11.3 Å². The van der Waals surface area contributed by atoms with Crippen LogP contribution in [0.4, 0.5) is 0 Å². The summed E-state index contributed by atoms with van der Waals surface area (Å²) >= 11 is 1.81. The van der Waals surface area contributed by atoms with Crippen molar-refractivity contribution in [3.05, 3.63) is 51.2 Å². The van der Waals surface area contributed by atoms with Gasteiger partial charge >= 0.3 is 0 Å². The zero-order valence-electron chi connectivity index (χ0n) is 16.1. The van der Waals surface area contributed by atoms with Gasteiger partial charge in [-0.05, 0) is 73.7 Å². The first-order valence-electron chi connectivity index (χ1n) is 9.70. The van der Waals surface area contributed by atoms with E-state index in [2.05, 4.69) is 55.7 Å². The Balaban J connectivity index is 1.55. The summed E-state index contributed by atoms with van der Waals surface area (Å²) in [4.78, 5) is 1.38. The average Bonchev–Trinajstić information content (AvgIpc) is 3.31. The topological polar surface area (TPSA) is 41.5 Å². The lowest BCUT2D eigenvalue weighted by Gasteiger charge is -2.25. The Hall–Kier alpha value is -1.36. The summed E-state index contributed by atoms with van der Waals surface area (Å²) in [5.41, 5.74) is 3.57. The Labute approximate surface area is 161 Å². The number of aryl methyl sites for hydroxylation is 2. The molecule has 1 fully saturated rings. The first kappa shape index (κ1) is 19.4. The van der Waals surface area contributed by atoms with E-state index in [1.807, 2.05) is 11.3 Å². The summed E-state index contributed by atoms with van der Waals surface area (Å²) < 4.78 is 5.92. The summed E-state index contributed by atoms with van der Waals surface area (Å²) in [5, 5.41) is 16.2. The molecule has 3 rings (SSSR count). The van der Waals surface area contributed by atoms with Gasteiger partial charge in [-0.3, -0.25) is 0 Å². The summed E-state index contributed by atoms with van der Waals surface area (Å²) in [6.45, 7) is 7.12. The van der Waals surface area contributed by atoms with Crippen molar-refractivity contribution in [2.24, 2.45) is 5.92 Å². The number of nitrogens with one attached hydrogen (secondary N) is 1. The van der Waals surface area contributed by atoms with Crippen LogP contribution < -0.4 is 10.1 Å². The van der Waals surface area contributed by atoms with Crippen molar-refractivity contribution in [2.45, 2.75) is 58.6 Å². The highest BCUT2D eigenvalue weighted by atomic mass is 32.1. The summed E-state index contributed by atoms with van der Waals surface area (Å²) in [6.07, 6.45) is 4.70. The molecule has 0 spiro atoms. The fraction of sp³-hybridized carbons (Fsp3) is 0.545. The maximum atomic E-state index is 10.4. The first-order chi connectivity index (χ1) is 12.5. The van der Waals surface area contributed by atoms with Crippen LogP contribution in [0.2, 0.25) is 0 Å². The van der Waals surface area contributed by atoms with Crippen LogP contribution >= 0.6 is 11.3 Å². The second-order valence-electron chi connectivity index (χ2n) is 7.62. The normalized spacial score (nSPS) is 17.4. The number of hydrogen-bond acceptors (Lipinski definition) is 4. The maximum Gasteiger partial charge on any atom is 0.122 e. The fourth-order valence-corrected chi connectivity index (χ4v) is 4.81. The lowest BCUT2D eigenvalue weighted by molar-refractivity contribution is 0.100. The van der Waals surface area contributed by atoms with Crippen molar-refractivity contribution in [2.75, 3.05) is 13.2 Å². The summed E-state index contributed by atoms with van der Waals surface area (Å²) in [5.74, 6) is 1.57. The van der Waals surface area contributed by atoms with Crippen molar-refractivity contribution < 1.29 is 9.84 Å². The molecule has 2 aromatic rings. The van der Waals surface area contributed by atoms with E-state index in [4.69, 9.17) is 4.74 Å². The van der Waals surface area contributed by atoms with Crippen molar-refractivity contribution in [3.63, 3.8) is 0 Å². The molecular formula is C22H31NO2S. The minimum Gasteiger partial charge on any atom is -0.491 e. The van der Waals surface area contributed by atoms with Gasteiger partial charge in [-0.25, -0.2) is 0 Å². The van der Waals surface area contributed by atoms with Crippen LogP contribution in [-0.2, 0) is 0 Å². The van der Waals surface area contributed by atoms with E-state index >= 15 is 0 Å². The molecule has 142 valence electrons. The Morgan fingerprint density at radius 2 is 2.00 bits per heavy atom. The molecule has 3 nitrogen and oxygen atoms in total. The van der Waals surface area contributed by atoms with Gasteiger partial charge in [0.1, 0.15) is 18.5 Å². The predicted octanol–water partition coefficient (Wildman–Crippen LogP) is 4.93. The SMILES string of the molecule is Cc1cc(C)c(C)c(OCC(O)CNC(c2cccs2)C2CCCC2)c1. The molecule has 1 heterocycles. The van der Waals surface area contributed by atoms with Crippen molar-refractivity contribution in [3.8, 4) is 5.75 Å². The number of ether oxygens (including phenoxy) is 1. The third-order valence-corrected chi connectivity index (χ3v) is 6.45. The molecular weight excluding hydrogens is 342 g/mol. The van der Waals surface area contributed by atoms with E-state index in [0.29, 0.717) is 25.1 Å². The first-order valence-corrected chi connectivity index (χ1v) is 10.6. The molecule has 2 unspecified atom stereocenters. The largest absolute Gasteiger partial charge is 0.491 e. The number of hydrogen-bond donors (Lipinski definition) is 2. The summed E-state index contributed by atoms with van der Waals surface area (Å²) in [6, 6.07) is 8.90. The van der Waals surface area contributed by atoms with Gasteiger partial charge in [0.2, 0.25) is 0 Å². The molecule has 0 radical (unpaired) electrons. The molecule has 1 aliphatic rings. The predicted molar refractivity (Wildman–Crippen MR) is 109 cm³/mol. The number of benzene rings is 1. The van der Waals surface area contributed by atoms with E-state index < -0.39 is 6.10 Å². The van der Waals surface area contributed by atoms with Crippen LogP contribution in [0.3, 0.4) is 0 Å². The monoisotopic (exact) mass is 373 g/mol. The highest BCUT2D eigenvalue weighted by Gasteiger charge is 2.27. The third-order valence-electron chi connectivity index (χ3n) is 5.49. The molecule has 2 atom stereocenters. The Morgan fingerprint density at radius 3 is 2.69 bits per heavy atom. The highest BCUT2D eigenvalue weighted by Crippen LogP contribution is 2.37. The molecule has 2 N–H and O–H groups in total. The maximum absolute atomic E-state index is 10.4. The zero-order chi connectivity index (χ0) is 18.5. The van der Waals surface area contributed by atoms with Gasteiger partial charge in [-0.1, -0.05) is 25.0 Å². The smallest absolute Gasteiger partial charge is 0.122 e. The van der Waals surface area contributed by atoms with Crippen LogP contribution in [0.25, 0.3) is 0 Å². The molecule has 1 aromatic carbocycles. The molecule has 0 bridgehead atoms. The van der Waals surface area contributed by atoms with Crippen molar-refractivity contribution in [1.82, 2.24) is 5.32 Å². The quantitative estimate of drug-likeness (QED) is 0.689. The zero-order valence-corrected chi connectivity index (χ0v) is 16.9. The highest BCUT2D eigenvalue weighted by molar-refractivity contribution is 7.10. The molecule has 1 aliphatic carbocycles. The van der Waals surface area contributed by atoms with Gasteiger partial charge in [0.15, 0.2) is 0 Å². The van der Waals surface area contributed by atoms with Crippen LogP contribution in [0.5, 0.6) is 5.75 Å². The van der Waals surface area contributed by atoms with Crippen LogP contribution in [0.15, 0.2) is 29.6 Å². The molecule has 1 aromatic heterocycles. The minimum absolute atomic E-state index is 0.318. The van der Waals surface area contributed by atoms with E-state index in [1.54, 1.807) is 0 Å². The van der Waals surface area contributed by atoms with Crippen LogP contribution in [0, 0.1) is 26.7 Å². The number of thiophene rings is 1. The summed E-state index contributed by atoms with van der Waals surface area (Å²) in [7, 11) is 0. The second kappa shape index (κ2) is 9.03. The van der Waals surface area contributed by atoms with Gasteiger partial charge < -0.3 is 15.2 Å². The molecule has 4 heteroatoms. The number of aliphatic hydroxyl groups excluding tert-OH is 1. The second-order valence-corrected chi connectivity index (χ2v) is 8.59. The number of aliphatic hydroxyl groups is 1. The van der Waals surface area contributed by atoms with Crippen LogP contribution in [0.1, 0.15) is 53.3 Å². The van der Waals surface area contributed by atoms with Gasteiger partial charge in [0, 0.05) is 17.5 Å². The molecule has 1 saturated carbocycles. The van der Waals surface area contributed by atoms with Crippen molar-refractivity contribution in [1.29, 1.82) is 0 Å². The Morgan fingerprint density at radius 1 is 1.23 bits per heavy atom. The van der Waals surface area contributed by atoms with Crippen molar-refractivity contribution >= 4 is 11.3 Å². The third kappa shape index (κ3) is 4.87. The lowest BCUT2D eigenvalue weighted by Crippen LogP contribution is -2.36. The average molecular weight is 374 g/mol. The van der Waals surface area contributed by atoms with E-state index in [0.717, 1.165) is 11.3 Å².